The van der Waals surface area contributed by atoms with Gasteiger partial charge in [0.05, 0.1) is 40.6 Å². The van der Waals surface area contributed by atoms with Crippen molar-refractivity contribution >= 4 is 39.3 Å². The maximum absolute atomic E-state index is 13.9. The molecular formula is C31H24BrN3O4S. The third kappa shape index (κ3) is 5.28. The van der Waals surface area contributed by atoms with Crippen LogP contribution in [0.2, 0.25) is 0 Å². The second-order valence-corrected chi connectivity index (χ2v) is 10.9. The number of hydrogen-bond acceptors (Lipinski definition) is 7. The Labute approximate surface area is 243 Å². The first-order valence-corrected chi connectivity index (χ1v) is 14.1. The number of methoxy groups -OCH3 is 1. The lowest BCUT2D eigenvalue weighted by Gasteiger charge is -2.25. The Morgan fingerprint density at radius 2 is 1.90 bits per heavy atom. The van der Waals surface area contributed by atoms with E-state index in [1.54, 1.807) is 16.7 Å². The van der Waals surface area contributed by atoms with E-state index in [0.29, 0.717) is 43.9 Å². The Morgan fingerprint density at radius 3 is 2.62 bits per heavy atom. The number of nitrogens with zero attached hydrogens (tertiary/aromatic N) is 3. The van der Waals surface area contributed by atoms with Crippen molar-refractivity contribution in [3.63, 3.8) is 0 Å². The van der Waals surface area contributed by atoms with Crippen molar-refractivity contribution in [2.75, 3.05) is 7.11 Å². The molecule has 7 nitrogen and oxygen atoms in total. The number of carbonyl (C=O) groups excluding carboxylic acids is 1. The summed E-state index contributed by atoms with van der Waals surface area (Å²) >= 11 is 4.78. The summed E-state index contributed by atoms with van der Waals surface area (Å²) < 4.78 is 14.1. The molecule has 200 valence electrons. The van der Waals surface area contributed by atoms with Crippen molar-refractivity contribution in [1.82, 2.24) is 4.57 Å². The molecule has 9 heteroatoms. The quantitative estimate of drug-likeness (QED) is 0.273. The van der Waals surface area contributed by atoms with Crippen LogP contribution in [0.4, 0.5) is 0 Å². The highest BCUT2D eigenvalue weighted by Gasteiger charge is 2.33. The molecule has 0 unspecified atom stereocenters. The van der Waals surface area contributed by atoms with E-state index in [9.17, 15) is 14.9 Å². The van der Waals surface area contributed by atoms with Gasteiger partial charge in [0.25, 0.3) is 5.56 Å². The maximum Gasteiger partial charge on any atom is 0.338 e. The topological polar surface area (TPSA) is 93.7 Å². The molecule has 4 aromatic rings. The number of esters is 1. The summed E-state index contributed by atoms with van der Waals surface area (Å²) in [6.07, 6.45) is 2.28. The minimum absolute atomic E-state index is 0.198. The van der Waals surface area contributed by atoms with Gasteiger partial charge in [-0.1, -0.05) is 82.7 Å². The molecule has 0 saturated carbocycles. The maximum atomic E-state index is 13.9. The smallest absolute Gasteiger partial charge is 0.338 e. The molecule has 40 heavy (non-hydrogen) atoms. The lowest BCUT2D eigenvalue weighted by molar-refractivity contribution is -0.136. The van der Waals surface area contributed by atoms with Gasteiger partial charge in [-0.05, 0) is 42.3 Å². The highest BCUT2D eigenvalue weighted by molar-refractivity contribution is 9.10. The van der Waals surface area contributed by atoms with Crippen LogP contribution in [-0.4, -0.2) is 17.6 Å². The second-order valence-electron chi connectivity index (χ2n) is 8.94. The van der Waals surface area contributed by atoms with Gasteiger partial charge in [-0.2, -0.15) is 5.26 Å². The van der Waals surface area contributed by atoms with Crippen molar-refractivity contribution in [2.24, 2.45) is 4.99 Å². The summed E-state index contributed by atoms with van der Waals surface area (Å²) in [6.45, 7) is 2.12. The first kappa shape index (κ1) is 27.3. The zero-order chi connectivity index (χ0) is 28.2. The number of halogens is 1. The summed E-state index contributed by atoms with van der Waals surface area (Å²) in [6, 6.07) is 23.8. The Morgan fingerprint density at radius 1 is 1.15 bits per heavy atom. The van der Waals surface area contributed by atoms with Crippen LogP contribution in [0.25, 0.3) is 6.08 Å². The SMILES string of the molecule is CCC1=C(C(=O)OC)[C@H](c2ccccc2)n2c(s/c(=C/c3cc(Br)ccc3OCc3ccccc3C#N)c2=O)=N1. The molecule has 0 amide bonds. The third-order valence-corrected chi connectivity index (χ3v) is 8.02. The summed E-state index contributed by atoms with van der Waals surface area (Å²) in [5.41, 5.74) is 3.48. The molecule has 2 heterocycles. The standard InChI is InChI=1S/C31H24BrN3O4S/c1-3-24-27(30(37)38-2)28(19-9-5-4-6-10-19)35-29(36)26(40-31(35)34-24)16-22-15-23(32)13-14-25(22)39-18-21-12-8-7-11-20(21)17-33/h4-16,28H,3,18H2,1-2H3/b26-16+/t28-/m0/s1. The van der Waals surface area contributed by atoms with E-state index in [-0.39, 0.29) is 12.2 Å². The summed E-state index contributed by atoms with van der Waals surface area (Å²) in [7, 11) is 1.33. The highest BCUT2D eigenvalue weighted by atomic mass is 79.9. The predicted octanol–water partition coefficient (Wildman–Crippen LogP) is 5.01. The molecular weight excluding hydrogens is 590 g/mol. The first-order chi connectivity index (χ1) is 19.4. The zero-order valence-electron chi connectivity index (χ0n) is 21.8. The average molecular weight is 615 g/mol. The lowest BCUT2D eigenvalue weighted by atomic mass is 9.95. The molecule has 0 bridgehead atoms. The van der Waals surface area contributed by atoms with Crippen LogP contribution in [0, 0.1) is 11.3 Å². The molecule has 0 radical (unpaired) electrons. The van der Waals surface area contributed by atoms with Gasteiger partial charge in [-0.3, -0.25) is 9.36 Å². The van der Waals surface area contributed by atoms with Crippen molar-refractivity contribution in [3.8, 4) is 11.8 Å². The van der Waals surface area contributed by atoms with E-state index < -0.39 is 12.0 Å². The van der Waals surface area contributed by atoms with Gasteiger partial charge in [0.15, 0.2) is 4.80 Å². The number of benzene rings is 3. The van der Waals surface area contributed by atoms with Gasteiger partial charge in [-0.15, -0.1) is 0 Å². The fraction of sp³-hybridized carbons (Fsp3) is 0.161. The van der Waals surface area contributed by atoms with E-state index in [1.165, 1.54) is 18.4 Å². The van der Waals surface area contributed by atoms with Crippen LogP contribution < -0.4 is 19.6 Å². The van der Waals surface area contributed by atoms with Crippen LogP contribution in [0.15, 0.2) is 98.3 Å². The summed E-state index contributed by atoms with van der Waals surface area (Å²) in [5, 5.41) is 9.43. The summed E-state index contributed by atoms with van der Waals surface area (Å²) in [5.74, 6) is 0.0509. The summed E-state index contributed by atoms with van der Waals surface area (Å²) in [4.78, 5) is 32.1. The monoisotopic (exact) mass is 613 g/mol. The molecule has 1 aliphatic rings. The normalized spacial score (nSPS) is 14.8. The molecule has 1 aromatic heterocycles. The van der Waals surface area contributed by atoms with Crippen LogP contribution in [0.1, 0.15) is 41.6 Å². The lowest BCUT2D eigenvalue weighted by Crippen LogP contribution is -2.40. The molecule has 1 atom stereocenters. The van der Waals surface area contributed by atoms with Gasteiger partial charge in [0.1, 0.15) is 12.4 Å². The number of aromatic nitrogens is 1. The Balaban J connectivity index is 1.64. The van der Waals surface area contributed by atoms with Crippen molar-refractivity contribution < 1.29 is 14.3 Å². The number of carbonyl (C=O) groups is 1. The van der Waals surface area contributed by atoms with Gasteiger partial charge >= 0.3 is 5.97 Å². The molecule has 0 N–H and O–H groups in total. The second kappa shape index (κ2) is 11.9. The average Bonchev–Trinajstić information content (AvgIpc) is 3.30. The Hall–Kier alpha value is -4.26. The van der Waals surface area contributed by atoms with Crippen molar-refractivity contribution in [2.45, 2.75) is 26.0 Å². The first-order valence-electron chi connectivity index (χ1n) is 12.5. The van der Waals surface area contributed by atoms with E-state index >= 15 is 0 Å². The largest absolute Gasteiger partial charge is 0.488 e. The van der Waals surface area contributed by atoms with Gasteiger partial charge in [0.2, 0.25) is 0 Å². The van der Waals surface area contributed by atoms with Crippen LogP contribution in [-0.2, 0) is 16.1 Å². The van der Waals surface area contributed by atoms with Crippen LogP contribution in [0.3, 0.4) is 0 Å². The van der Waals surface area contributed by atoms with E-state index in [2.05, 4.69) is 22.0 Å². The van der Waals surface area contributed by atoms with E-state index in [1.807, 2.05) is 73.7 Å². The Kier molecular flexibility index (Phi) is 8.10. The van der Waals surface area contributed by atoms with Gasteiger partial charge in [0, 0.05) is 15.6 Å². The van der Waals surface area contributed by atoms with E-state index in [0.717, 1.165) is 15.6 Å². The fourth-order valence-electron chi connectivity index (χ4n) is 4.63. The zero-order valence-corrected chi connectivity index (χ0v) is 24.2. The number of fused-ring (bicyclic) bond motifs is 1. The van der Waals surface area contributed by atoms with Crippen LogP contribution >= 0.6 is 27.3 Å². The minimum Gasteiger partial charge on any atom is -0.488 e. The number of nitriles is 1. The number of hydrogen-bond donors (Lipinski definition) is 0. The molecule has 0 fully saturated rings. The molecule has 5 rings (SSSR count). The predicted molar refractivity (Wildman–Crippen MR) is 156 cm³/mol. The molecule has 0 spiro atoms. The number of allylic oxidation sites excluding steroid dienone is 1. The number of thiazole rings is 1. The van der Waals surface area contributed by atoms with E-state index in [4.69, 9.17) is 14.5 Å². The third-order valence-electron chi connectivity index (χ3n) is 6.54. The van der Waals surface area contributed by atoms with Crippen molar-refractivity contribution in [1.29, 1.82) is 5.26 Å². The van der Waals surface area contributed by atoms with Gasteiger partial charge < -0.3 is 9.47 Å². The van der Waals surface area contributed by atoms with Crippen LogP contribution in [0.5, 0.6) is 5.75 Å². The van der Waals surface area contributed by atoms with Crippen molar-refractivity contribution in [3.05, 3.63) is 130 Å². The molecule has 3 aromatic carbocycles. The minimum atomic E-state index is -0.664. The highest BCUT2D eigenvalue weighted by Crippen LogP contribution is 2.32. The molecule has 0 aliphatic carbocycles. The fourth-order valence-corrected chi connectivity index (χ4v) is 6.02. The number of ether oxygens (including phenoxy) is 2. The molecule has 1 aliphatic heterocycles. The number of rotatable bonds is 7. The molecule has 0 saturated heterocycles. The van der Waals surface area contributed by atoms with Gasteiger partial charge in [-0.25, -0.2) is 9.79 Å². The Bertz CT molecular complexity index is 1850.